The van der Waals surface area contributed by atoms with Crippen molar-refractivity contribution in [1.29, 1.82) is 0 Å². The highest BCUT2D eigenvalue weighted by Crippen LogP contribution is 2.46. The summed E-state index contributed by atoms with van der Waals surface area (Å²) in [7, 11) is 0.368. The Morgan fingerprint density at radius 3 is 2.40 bits per heavy atom. The van der Waals surface area contributed by atoms with Crippen LogP contribution in [-0.2, 0) is 24.9 Å². The number of nitrogens with one attached hydrogen (secondary N) is 1. The van der Waals surface area contributed by atoms with Gasteiger partial charge in [0.15, 0.2) is 19.5 Å². The van der Waals surface area contributed by atoms with Crippen LogP contribution in [0.4, 0.5) is 0 Å². The molecule has 0 radical (unpaired) electrons. The number of hydrogen-bond donors (Lipinski definition) is 2. The summed E-state index contributed by atoms with van der Waals surface area (Å²) in [6, 6.07) is 8.18. The van der Waals surface area contributed by atoms with E-state index in [0.717, 1.165) is 50.9 Å². The first-order valence-corrected chi connectivity index (χ1v) is 22.3. The molecular weight excluding hydrogens is 623 g/mol. The van der Waals surface area contributed by atoms with Crippen LogP contribution in [0, 0.1) is 40.9 Å². The summed E-state index contributed by atoms with van der Waals surface area (Å²) in [5.74, 6) is 2.12. The van der Waals surface area contributed by atoms with Gasteiger partial charge in [-0.1, -0.05) is 85.0 Å². The number of aliphatic hydroxyl groups is 1. The molecule has 47 heavy (non-hydrogen) atoms. The summed E-state index contributed by atoms with van der Waals surface area (Å²) in [5.41, 5.74) is 2.28. The van der Waals surface area contributed by atoms with Crippen molar-refractivity contribution in [2.24, 2.45) is 40.9 Å². The van der Waals surface area contributed by atoms with Crippen molar-refractivity contribution >= 4 is 25.5 Å². The number of carbonyl (C=O) groups excluding carboxylic acids is 1. The Kier molecular flexibility index (Phi) is 16.4. The second kappa shape index (κ2) is 19.4. The highest BCUT2D eigenvalue weighted by Gasteiger charge is 2.43. The molecule has 9 heteroatoms. The molecule has 0 fully saturated rings. The summed E-state index contributed by atoms with van der Waals surface area (Å²) in [6.45, 7) is 19.0. The molecule has 7 nitrogen and oxygen atoms in total. The summed E-state index contributed by atoms with van der Waals surface area (Å²) < 4.78 is 24.1. The molecule has 1 aromatic carbocycles. The molecule has 266 valence electrons. The van der Waals surface area contributed by atoms with Gasteiger partial charge in [0, 0.05) is 17.9 Å². The van der Waals surface area contributed by atoms with Gasteiger partial charge in [-0.05, 0) is 92.0 Å². The monoisotopic (exact) mass is 687 g/mol. The standard InChI is InChI=1S/C38H65NO6Si2/c1-10-26(3)36(41)43-34-22-25(2)21-29-14-11-27(4)33(35(29)34)18-15-31(40)23-30(38(5,6)37(44-46-8)45-47-9)19-20-39-24-28-12-16-32(42-7)17-13-28/h11-14,16-17,21,25-27,30-31,33-35,37,39-40H,10,15,18-20,22-24,46-47H2,1-9H3. The lowest BCUT2D eigenvalue weighted by molar-refractivity contribution is -0.158. The number of allylic oxidation sites excluding steroid dienone is 3. The molecule has 0 bridgehead atoms. The van der Waals surface area contributed by atoms with Crippen molar-refractivity contribution < 1.29 is 28.2 Å². The van der Waals surface area contributed by atoms with Gasteiger partial charge < -0.3 is 28.7 Å². The third-order valence-corrected chi connectivity index (χ3v) is 12.0. The van der Waals surface area contributed by atoms with Crippen LogP contribution in [0.15, 0.2) is 48.1 Å². The minimum atomic E-state index is -0.659. The number of ether oxygens (including phenoxy) is 2. The predicted molar refractivity (Wildman–Crippen MR) is 198 cm³/mol. The maximum atomic E-state index is 12.9. The number of benzene rings is 1. The maximum absolute atomic E-state index is 12.9. The second-order valence-corrected chi connectivity index (χ2v) is 16.4. The molecule has 3 rings (SSSR count). The van der Waals surface area contributed by atoms with Gasteiger partial charge in [0.1, 0.15) is 18.1 Å². The number of carbonyl (C=O) groups is 1. The zero-order valence-electron chi connectivity index (χ0n) is 30.8. The lowest BCUT2D eigenvalue weighted by Crippen LogP contribution is -2.44. The Balaban J connectivity index is 1.71. The number of fused-ring (bicyclic) bond motifs is 1. The Bertz CT molecular complexity index is 1140. The molecule has 0 saturated carbocycles. The quantitative estimate of drug-likeness (QED) is 0.0717. The fraction of sp³-hybridized carbons (Fsp3) is 0.711. The van der Waals surface area contributed by atoms with Crippen molar-refractivity contribution in [3.63, 3.8) is 0 Å². The van der Waals surface area contributed by atoms with Gasteiger partial charge >= 0.3 is 5.97 Å². The molecule has 2 aliphatic rings. The molecule has 0 aliphatic heterocycles. The van der Waals surface area contributed by atoms with E-state index < -0.39 is 25.6 Å². The molecule has 2 N–H and O–H groups in total. The van der Waals surface area contributed by atoms with E-state index >= 15 is 0 Å². The molecule has 8 atom stereocenters. The van der Waals surface area contributed by atoms with Crippen LogP contribution in [-0.4, -0.2) is 62.8 Å². The molecule has 0 spiro atoms. The van der Waals surface area contributed by atoms with Gasteiger partial charge in [-0.25, -0.2) is 0 Å². The molecule has 0 heterocycles. The van der Waals surface area contributed by atoms with Crippen LogP contribution < -0.4 is 10.1 Å². The normalized spacial score (nSPS) is 25.8. The van der Waals surface area contributed by atoms with E-state index in [1.54, 1.807) is 7.11 Å². The number of methoxy groups -OCH3 is 1. The van der Waals surface area contributed by atoms with Gasteiger partial charge in [0.2, 0.25) is 0 Å². The molecule has 8 unspecified atom stereocenters. The average molecular weight is 688 g/mol. The third-order valence-electron chi connectivity index (χ3n) is 10.7. The van der Waals surface area contributed by atoms with Gasteiger partial charge in [-0.2, -0.15) is 0 Å². The van der Waals surface area contributed by atoms with Gasteiger partial charge in [0.25, 0.3) is 0 Å². The van der Waals surface area contributed by atoms with E-state index in [1.807, 2.05) is 26.0 Å². The van der Waals surface area contributed by atoms with E-state index in [1.165, 1.54) is 11.1 Å². The first-order valence-electron chi connectivity index (χ1n) is 18.3. The van der Waals surface area contributed by atoms with Crippen LogP contribution in [0.5, 0.6) is 5.75 Å². The van der Waals surface area contributed by atoms with Crippen molar-refractivity contribution in [2.45, 2.75) is 118 Å². The van der Waals surface area contributed by atoms with Crippen LogP contribution >= 0.6 is 0 Å². The molecule has 0 saturated heterocycles. The third kappa shape index (κ3) is 11.4. The average Bonchev–Trinajstić information content (AvgIpc) is 3.05. The van der Waals surface area contributed by atoms with Crippen LogP contribution in [0.25, 0.3) is 0 Å². The van der Waals surface area contributed by atoms with Gasteiger partial charge in [-0.15, -0.1) is 0 Å². The lowest BCUT2D eigenvalue weighted by Gasteiger charge is -2.44. The van der Waals surface area contributed by atoms with Crippen molar-refractivity contribution in [3.05, 3.63) is 53.6 Å². The summed E-state index contributed by atoms with van der Waals surface area (Å²) in [4.78, 5) is 12.9. The minimum absolute atomic E-state index is 0.0816. The first kappa shape index (κ1) is 39.7. The molecule has 1 aromatic rings. The summed E-state index contributed by atoms with van der Waals surface area (Å²) >= 11 is 0. The van der Waals surface area contributed by atoms with Gasteiger partial charge in [0.05, 0.1) is 19.1 Å². The Morgan fingerprint density at radius 2 is 1.79 bits per heavy atom. The van der Waals surface area contributed by atoms with E-state index in [2.05, 4.69) is 76.5 Å². The molecule has 2 aliphatic carbocycles. The topological polar surface area (TPSA) is 86.3 Å². The first-order chi connectivity index (χ1) is 22.4. The lowest BCUT2D eigenvalue weighted by atomic mass is 9.65. The maximum Gasteiger partial charge on any atom is 0.308 e. The zero-order chi connectivity index (χ0) is 34.6. The van der Waals surface area contributed by atoms with E-state index in [9.17, 15) is 9.90 Å². The van der Waals surface area contributed by atoms with Crippen molar-refractivity contribution in [1.82, 2.24) is 5.32 Å². The summed E-state index contributed by atoms with van der Waals surface area (Å²) in [6.07, 6.45) is 11.0. The Hall–Kier alpha value is -1.76. The van der Waals surface area contributed by atoms with E-state index in [-0.39, 0.29) is 41.5 Å². The van der Waals surface area contributed by atoms with E-state index in [4.69, 9.17) is 18.3 Å². The number of aliphatic hydroxyl groups excluding tert-OH is 1. The Morgan fingerprint density at radius 1 is 1.11 bits per heavy atom. The molecule has 0 amide bonds. The SMILES string of the molecule is CCC(C)C(=O)OC1CC(C)C=C2C=CC(C)C(CCC(O)CC(CCNCc3ccc(OC)cc3)C(C)(C)C(O[SiH2]C)O[SiH2]C)C21. The number of hydrogen-bond acceptors (Lipinski definition) is 7. The van der Waals surface area contributed by atoms with Crippen molar-refractivity contribution in [3.8, 4) is 5.75 Å². The summed E-state index contributed by atoms with van der Waals surface area (Å²) in [5, 5.41) is 15.3. The smallest absolute Gasteiger partial charge is 0.308 e. The zero-order valence-corrected chi connectivity index (χ0v) is 33.6. The van der Waals surface area contributed by atoms with Crippen molar-refractivity contribution in [2.75, 3.05) is 13.7 Å². The molecule has 0 aromatic heterocycles. The fourth-order valence-electron chi connectivity index (χ4n) is 7.50. The van der Waals surface area contributed by atoms with Gasteiger partial charge in [-0.3, -0.25) is 4.79 Å². The number of rotatable bonds is 20. The van der Waals surface area contributed by atoms with E-state index in [0.29, 0.717) is 24.2 Å². The highest BCUT2D eigenvalue weighted by atomic mass is 28.2. The fourth-order valence-corrected chi connectivity index (χ4v) is 9.35. The largest absolute Gasteiger partial charge is 0.497 e. The Labute approximate surface area is 290 Å². The number of esters is 1. The van der Waals surface area contributed by atoms with Crippen LogP contribution in [0.2, 0.25) is 13.1 Å². The van der Waals surface area contributed by atoms with Crippen LogP contribution in [0.3, 0.4) is 0 Å². The highest BCUT2D eigenvalue weighted by molar-refractivity contribution is 6.26. The second-order valence-electron chi connectivity index (χ2n) is 14.6. The minimum Gasteiger partial charge on any atom is -0.497 e. The predicted octanol–water partition coefficient (Wildman–Crippen LogP) is 6.33. The molecular formula is C38H65NO6Si2. The van der Waals surface area contributed by atoms with Crippen LogP contribution in [0.1, 0.15) is 85.6 Å².